The Balaban J connectivity index is 2.14. The minimum absolute atomic E-state index is 0.00847. The predicted octanol–water partition coefficient (Wildman–Crippen LogP) is 3.97. The van der Waals surface area contributed by atoms with Crippen LogP contribution >= 0.6 is 11.6 Å². The molecule has 0 spiro atoms. The maximum Gasteiger partial charge on any atom is 0.291 e. The first kappa shape index (κ1) is 13.3. The lowest BCUT2D eigenvalue weighted by molar-refractivity contribution is -0.384. The van der Waals surface area contributed by atoms with E-state index >= 15 is 0 Å². The van der Waals surface area contributed by atoms with Gasteiger partial charge in [-0.15, -0.1) is 0 Å². The summed E-state index contributed by atoms with van der Waals surface area (Å²) in [6.45, 7) is -0.00847. The van der Waals surface area contributed by atoms with Gasteiger partial charge in [-0.25, -0.2) is 4.39 Å². The number of nitro benzene ring substituents is 1. The highest BCUT2D eigenvalue weighted by Crippen LogP contribution is 2.29. The minimum atomic E-state index is -0.599. The molecule has 0 N–H and O–H groups in total. The van der Waals surface area contributed by atoms with E-state index < -0.39 is 4.92 Å². The van der Waals surface area contributed by atoms with Crippen LogP contribution in [0.2, 0.25) is 5.02 Å². The van der Waals surface area contributed by atoms with Crippen LogP contribution in [0.1, 0.15) is 5.56 Å². The van der Waals surface area contributed by atoms with Gasteiger partial charge in [-0.2, -0.15) is 0 Å². The third-order valence-electron chi connectivity index (χ3n) is 2.47. The topological polar surface area (TPSA) is 52.4 Å². The van der Waals surface area contributed by atoms with Crippen molar-refractivity contribution >= 4 is 17.3 Å². The summed E-state index contributed by atoms with van der Waals surface area (Å²) < 4.78 is 18.7. The summed E-state index contributed by atoms with van der Waals surface area (Å²) in [7, 11) is 0. The number of hydrogen-bond donors (Lipinski definition) is 0. The quantitative estimate of drug-likeness (QED) is 0.629. The molecule has 98 valence electrons. The monoisotopic (exact) mass is 281 g/mol. The van der Waals surface area contributed by atoms with Crippen LogP contribution in [0.5, 0.6) is 5.75 Å². The van der Waals surface area contributed by atoms with Crippen LogP contribution in [0.15, 0.2) is 42.5 Å². The Morgan fingerprint density at radius 2 is 2.00 bits per heavy atom. The summed E-state index contributed by atoms with van der Waals surface area (Å²) in [5, 5.41) is 10.7. The lowest BCUT2D eigenvalue weighted by Gasteiger charge is -2.07. The number of nitro groups is 1. The van der Waals surface area contributed by atoms with Crippen molar-refractivity contribution in [3.63, 3.8) is 0 Å². The molecule has 0 fully saturated rings. The van der Waals surface area contributed by atoms with Crippen LogP contribution in [0.4, 0.5) is 10.1 Å². The van der Waals surface area contributed by atoms with Gasteiger partial charge in [-0.1, -0.05) is 29.8 Å². The van der Waals surface area contributed by atoms with Gasteiger partial charge in [0.25, 0.3) is 5.69 Å². The van der Waals surface area contributed by atoms with E-state index in [4.69, 9.17) is 16.3 Å². The fourth-order valence-corrected chi connectivity index (χ4v) is 1.69. The number of ether oxygens (including phenoxy) is 1. The fraction of sp³-hybridized carbons (Fsp3) is 0.0769. The van der Waals surface area contributed by atoms with Crippen LogP contribution < -0.4 is 4.74 Å². The molecule has 0 radical (unpaired) electrons. The van der Waals surface area contributed by atoms with E-state index in [2.05, 4.69) is 0 Å². The summed E-state index contributed by atoms with van der Waals surface area (Å²) in [6, 6.07) is 10.2. The molecular formula is C13H9ClFNO3. The van der Waals surface area contributed by atoms with Crippen LogP contribution in [0.25, 0.3) is 0 Å². The average Bonchev–Trinajstić information content (AvgIpc) is 2.39. The molecule has 0 aliphatic heterocycles. The molecule has 0 amide bonds. The van der Waals surface area contributed by atoms with E-state index in [1.807, 2.05) is 0 Å². The van der Waals surface area contributed by atoms with Crippen molar-refractivity contribution in [2.45, 2.75) is 6.61 Å². The van der Waals surface area contributed by atoms with E-state index in [9.17, 15) is 14.5 Å². The first-order valence-electron chi connectivity index (χ1n) is 5.38. The maximum absolute atomic E-state index is 13.4. The molecule has 0 unspecified atom stereocenters. The van der Waals surface area contributed by atoms with Gasteiger partial charge in [0.05, 0.1) is 11.0 Å². The van der Waals surface area contributed by atoms with Gasteiger partial charge in [0, 0.05) is 5.56 Å². The molecule has 6 heteroatoms. The van der Waals surface area contributed by atoms with Crippen molar-refractivity contribution < 1.29 is 14.1 Å². The zero-order valence-corrected chi connectivity index (χ0v) is 10.4. The number of hydrogen-bond acceptors (Lipinski definition) is 3. The van der Waals surface area contributed by atoms with Gasteiger partial charge in [0.2, 0.25) is 0 Å². The number of nitrogens with zero attached hydrogens (tertiary/aromatic N) is 1. The second-order valence-corrected chi connectivity index (χ2v) is 4.16. The van der Waals surface area contributed by atoms with Gasteiger partial charge < -0.3 is 4.74 Å². The summed E-state index contributed by atoms with van der Waals surface area (Å²) in [6.07, 6.45) is 0. The summed E-state index contributed by atoms with van der Waals surface area (Å²) in [4.78, 5) is 10.1. The third-order valence-corrected chi connectivity index (χ3v) is 2.79. The number of rotatable bonds is 4. The number of halogens is 2. The molecule has 19 heavy (non-hydrogen) atoms. The molecule has 0 saturated heterocycles. The molecule has 2 rings (SSSR count). The highest BCUT2D eigenvalue weighted by Gasteiger charge is 2.13. The minimum Gasteiger partial charge on any atom is -0.489 e. The molecule has 0 atom stereocenters. The van der Waals surface area contributed by atoms with E-state index in [0.717, 1.165) is 0 Å². The second-order valence-electron chi connectivity index (χ2n) is 3.75. The molecule has 0 aliphatic carbocycles. The molecule has 2 aromatic rings. The molecule has 0 heterocycles. The fourth-order valence-electron chi connectivity index (χ4n) is 1.50. The Morgan fingerprint density at radius 3 is 2.68 bits per heavy atom. The average molecular weight is 282 g/mol. The molecule has 2 aromatic carbocycles. The standard InChI is InChI=1S/C13H9ClFNO3/c14-11-6-5-10(7-13(11)16(17)18)19-8-9-3-1-2-4-12(9)15/h1-7H,8H2. The smallest absolute Gasteiger partial charge is 0.291 e. The highest BCUT2D eigenvalue weighted by molar-refractivity contribution is 6.32. The normalized spacial score (nSPS) is 10.2. The SMILES string of the molecule is O=[N+]([O-])c1cc(OCc2ccccc2F)ccc1Cl. The first-order chi connectivity index (χ1) is 9.08. The van der Waals surface area contributed by atoms with Crippen LogP contribution in [0.3, 0.4) is 0 Å². The molecule has 4 nitrogen and oxygen atoms in total. The van der Waals surface area contributed by atoms with Crippen molar-refractivity contribution in [2.75, 3.05) is 0 Å². The van der Waals surface area contributed by atoms with Crippen molar-refractivity contribution in [1.29, 1.82) is 0 Å². The maximum atomic E-state index is 13.4. The summed E-state index contributed by atoms with van der Waals surface area (Å²) >= 11 is 5.68. The third kappa shape index (κ3) is 3.20. The van der Waals surface area contributed by atoms with Crippen LogP contribution in [0, 0.1) is 15.9 Å². The Hall–Kier alpha value is -2.14. The molecule has 0 aliphatic rings. The Labute approximate surface area is 113 Å². The predicted molar refractivity (Wildman–Crippen MR) is 68.8 cm³/mol. The Bertz CT molecular complexity index is 619. The molecular weight excluding hydrogens is 273 g/mol. The van der Waals surface area contributed by atoms with Crippen LogP contribution in [-0.2, 0) is 6.61 Å². The summed E-state index contributed by atoms with van der Waals surface area (Å²) in [5.41, 5.74) is 0.132. The van der Waals surface area contributed by atoms with E-state index in [0.29, 0.717) is 5.56 Å². The lowest BCUT2D eigenvalue weighted by Crippen LogP contribution is -1.99. The van der Waals surface area contributed by atoms with Crippen molar-refractivity contribution in [3.8, 4) is 5.75 Å². The van der Waals surface area contributed by atoms with Gasteiger partial charge in [0.1, 0.15) is 23.2 Å². The largest absolute Gasteiger partial charge is 0.489 e. The van der Waals surface area contributed by atoms with Crippen molar-refractivity contribution in [2.24, 2.45) is 0 Å². The van der Waals surface area contributed by atoms with Gasteiger partial charge in [-0.3, -0.25) is 10.1 Å². The Kier molecular flexibility index (Phi) is 3.97. The van der Waals surface area contributed by atoms with Crippen molar-refractivity contribution in [1.82, 2.24) is 0 Å². The van der Waals surface area contributed by atoms with E-state index in [1.165, 1.54) is 24.3 Å². The van der Waals surface area contributed by atoms with Crippen molar-refractivity contribution in [3.05, 3.63) is 69.0 Å². The highest BCUT2D eigenvalue weighted by atomic mass is 35.5. The van der Waals surface area contributed by atoms with Gasteiger partial charge in [0.15, 0.2) is 0 Å². The Morgan fingerprint density at radius 1 is 1.26 bits per heavy atom. The zero-order chi connectivity index (χ0) is 13.8. The van der Waals surface area contributed by atoms with Gasteiger partial charge in [-0.05, 0) is 18.2 Å². The second kappa shape index (κ2) is 5.67. The van der Waals surface area contributed by atoms with E-state index in [-0.39, 0.29) is 28.9 Å². The summed E-state index contributed by atoms with van der Waals surface area (Å²) in [5.74, 6) is -0.120. The number of benzene rings is 2. The lowest BCUT2D eigenvalue weighted by atomic mass is 10.2. The zero-order valence-electron chi connectivity index (χ0n) is 9.68. The van der Waals surface area contributed by atoms with E-state index in [1.54, 1.807) is 18.2 Å². The molecule has 0 saturated carbocycles. The molecule has 0 aromatic heterocycles. The first-order valence-corrected chi connectivity index (χ1v) is 5.76. The van der Waals surface area contributed by atoms with Crippen LogP contribution in [-0.4, -0.2) is 4.92 Å². The molecule has 0 bridgehead atoms. The van der Waals surface area contributed by atoms with Gasteiger partial charge >= 0.3 is 0 Å².